The largest absolute Gasteiger partial charge is 0.357 e. The summed E-state index contributed by atoms with van der Waals surface area (Å²) in [6.07, 6.45) is 2.68. The predicted molar refractivity (Wildman–Crippen MR) is 92.0 cm³/mol. The first kappa shape index (κ1) is 15.2. The van der Waals surface area contributed by atoms with Crippen molar-refractivity contribution < 1.29 is 8.42 Å². The summed E-state index contributed by atoms with van der Waals surface area (Å²) in [5.74, 6) is 0.186. The molecule has 2 N–H and O–H groups in total. The average Bonchev–Trinajstić information content (AvgIpc) is 2.96. The molecule has 0 unspecified atom stereocenters. The number of piperidine rings is 1. The highest BCUT2D eigenvalue weighted by molar-refractivity contribution is 7.89. The number of nitrogens with one attached hydrogen (secondary N) is 2. The molecule has 1 fully saturated rings. The van der Waals surface area contributed by atoms with Crippen molar-refractivity contribution in [2.75, 3.05) is 25.4 Å². The highest BCUT2D eigenvalue weighted by Crippen LogP contribution is 2.40. The molecule has 23 heavy (non-hydrogen) atoms. The molecular formula is C17H23N3O2S. The van der Waals surface area contributed by atoms with Crippen LogP contribution in [0.2, 0.25) is 0 Å². The number of rotatable bonds is 2. The smallest absolute Gasteiger partial charge is 0.213 e. The molecule has 4 rings (SSSR count). The summed E-state index contributed by atoms with van der Waals surface area (Å²) in [6.45, 7) is 3.86. The lowest BCUT2D eigenvalue weighted by Crippen LogP contribution is -2.55. The first-order chi connectivity index (χ1) is 11.1. The van der Waals surface area contributed by atoms with Crippen molar-refractivity contribution in [2.45, 2.75) is 31.7 Å². The summed E-state index contributed by atoms with van der Waals surface area (Å²) in [4.78, 5) is 3.61. The van der Waals surface area contributed by atoms with E-state index in [1.54, 1.807) is 11.2 Å². The minimum absolute atomic E-state index is 0.105. The number of hydrogen-bond donors (Lipinski definition) is 2. The van der Waals surface area contributed by atoms with E-state index in [0.29, 0.717) is 13.1 Å². The van der Waals surface area contributed by atoms with Crippen molar-refractivity contribution >= 4 is 20.9 Å². The Morgan fingerprint density at radius 2 is 1.96 bits per heavy atom. The fourth-order valence-electron chi connectivity index (χ4n) is 4.14. The summed E-state index contributed by atoms with van der Waals surface area (Å²) in [5.41, 5.74) is 3.76. The van der Waals surface area contributed by atoms with Gasteiger partial charge in [-0.25, -0.2) is 12.7 Å². The Balaban J connectivity index is 1.70. The normalized spacial score (nSPS) is 21.6. The van der Waals surface area contributed by atoms with Crippen molar-refractivity contribution in [2.24, 2.45) is 0 Å². The molecule has 5 nitrogen and oxygen atoms in total. The molecule has 0 atom stereocenters. The van der Waals surface area contributed by atoms with E-state index in [1.165, 1.54) is 22.2 Å². The Bertz CT molecular complexity index is 833. The highest BCUT2D eigenvalue weighted by Gasteiger charge is 2.42. The summed E-state index contributed by atoms with van der Waals surface area (Å²) >= 11 is 0. The summed E-state index contributed by atoms with van der Waals surface area (Å²) in [7, 11) is -3.08. The second-order valence-electron chi connectivity index (χ2n) is 6.58. The quantitative estimate of drug-likeness (QED) is 0.883. The van der Waals surface area contributed by atoms with Crippen LogP contribution >= 0.6 is 0 Å². The zero-order valence-electron chi connectivity index (χ0n) is 13.4. The Hall–Kier alpha value is -1.37. The lowest BCUT2D eigenvalue weighted by molar-refractivity contribution is 0.180. The van der Waals surface area contributed by atoms with E-state index in [-0.39, 0.29) is 11.3 Å². The topological polar surface area (TPSA) is 65.2 Å². The molecule has 6 heteroatoms. The van der Waals surface area contributed by atoms with Gasteiger partial charge in [-0.2, -0.15) is 0 Å². The van der Waals surface area contributed by atoms with Gasteiger partial charge in [0.2, 0.25) is 10.0 Å². The fourth-order valence-corrected chi connectivity index (χ4v) is 5.24. The molecule has 0 amide bonds. The number of aromatic nitrogens is 1. The van der Waals surface area contributed by atoms with E-state index in [9.17, 15) is 8.42 Å². The molecule has 2 aromatic rings. The maximum Gasteiger partial charge on any atom is 0.213 e. The van der Waals surface area contributed by atoms with Crippen LogP contribution in [0.3, 0.4) is 0 Å². The molecule has 0 radical (unpaired) electrons. The predicted octanol–water partition coefficient (Wildman–Crippen LogP) is 1.95. The number of aromatic amines is 1. The van der Waals surface area contributed by atoms with Gasteiger partial charge in [0.25, 0.3) is 0 Å². The van der Waals surface area contributed by atoms with E-state index in [0.717, 1.165) is 25.8 Å². The third-order valence-electron chi connectivity index (χ3n) is 5.46. The van der Waals surface area contributed by atoms with E-state index in [1.807, 2.05) is 0 Å². The van der Waals surface area contributed by atoms with E-state index in [2.05, 4.69) is 34.6 Å². The maximum absolute atomic E-state index is 12.1. The van der Waals surface area contributed by atoms with Gasteiger partial charge in [-0.15, -0.1) is 0 Å². The van der Waals surface area contributed by atoms with Gasteiger partial charge in [0.15, 0.2) is 0 Å². The molecule has 1 aromatic heterocycles. The van der Waals surface area contributed by atoms with Crippen LogP contribution in [-0.2, 0) is 22.0 Å². The van der Waals surface area contributed by atoms with Crippen LogP contribution in [0, 0.1) is 0 Å². The SMILES string of the molecule is CCS(=O)(=O)N1CCC2(CC1)NCCc1c2[nH]c2ccccc12. The first-order valence-electron chi connectivity index (χ1n) is 8.39. The third-order valence-corrected chi connectivity index (χ3v) is 7.35. The molecule has 2 aliphatic heterocycles. The Kier molecular flexibility index (Phi) is 3.51. The monoisotopic (exact) mass is 333 g/mol. The minimum atomic E-state index is -3.08. The fraction of sp³-hybridized carbons (Fsp3) is 0.529. The van der Waals surface area contributed by atoms with Crippen molar-refractivity contribution in [1.29, 1.82) is 0 Å². The Labute approximate surface area is 137 Å². The third kappa shape index (κ3) is 2.31. The summed E-state index contributed by atoms with van der Waals surface area (Å²) < 4.78 is 25.9. The summed E-state index contributed by atoms with van der Waals surface area (Å²) in [5, 5.41) is 5.00. The molecule has 0 aliphatic carbocycles. The standard InChI is InChI=1S/C17H23N3O2S/c1-2-23(21,22)20-11-8-17(9-12-20)16-14(7-10-18-17)13-5-3-4-6-15(13)19-16/h3-6,18-19H,2,7-12H2,1H3. The zero-order valence-corrected chi connectivity index (χ0v) is 14.2. The van der Waals surface area contributed by atoms with Crippen LogP contribution in [0.15, 0.2) is 24.3 Å². The van der Waals surface area contributed by atoms with Gasteiger partial charge >= 0.3 is 0 Å². The number of para-hydroxylation sites is 1. The molecular weight excluding hydrogens is 310 g/mol. The number of sulfonamides is 1. The average molecular weight is 333 g/mol. The first-order valence-corrected chi connectivity index (χ1v) is 9.99. The van der Waals surface area contributed by atoms with Gasteiger partial charge in [-0.3, -0.25) is 0 Å². The molecule has 1 aromatic carbocycles. The molecule has 2 aliphatic rings. The molecule has 1 spiro atoms. The molecule has 1 saturated heterocycles. The molecule has 124 valence electrons. The number of nitrogens with zero attached hydrogens (tertiary/aromatic N) is 1. The van der Waals surface area contributed by atoms with Crippen molar-refractivity contribution in [3.05, 3.63) is 35.5 Å². The molecule has 0 bridgehead atoms. The van der Waals surface area contributed by atoms with Gasteiger partial charge in [-0.1, -0.05) is 18.2 Å². The van der Waals surface area contributed by atoms with Crippen molar-refractivity contribution in [3.8, 4) is 0 Å². The van der Waals surface area contributed by atoms with Crippen LogP contribution in [0.25, 0.3) is 10.9 Å². The minimum Gasteiger partial charge on any atom is -0.357 e. The van der Waals surface area contributed by atoms with Crippen molar-refractivity contribution in [1.82, 2.24) is 14.6 Å². The van der Waals surface area contributed by atoms with Gasteiger partial charge in [0.05, 0.1) is 11.3 Å². The van der Waals surface area contributed by atoms with Gasteiger partial charge in [-0.05, 0) is 37.8 Å². The Morgan fingerprint density at radius 1 is 1.22 bits per heavy atom. The number of hydrogen-bond acceptors (Lipinski definition) is 3. The van der Waals surface area contributed by atoms with Crippen LogP contribution < -0.4 is 5.32 Å². The van der Waals surface area contributed by atoms with Gasteiger partial charge in [0, 0.05) is 36.2 Å². The van der Waals surface area contributed by atoms with Crippen LogP contribution in [0.5, 0.6) is 0 Å². The number of fused-ring (bicyclic) bond motifs is 4. The molecule has 3 heterocycles. The second kappa shape index (κ2) is 5.33. The van der Waals surface area contributed by atoms with E-state index < -0.39 is 10.0 Å². The lowest BCUT2D eigenvalue weighted by atomic mass is 9.80. The van der Waals surface area contributed by atoms with Crippen LogP contribution in [0.4, 0.5) is 0 Å². The lowest BCUT2D eigenvalue weighted by Gasteiger charge is -2.44. The number of H-pyrrole nitrogens is 1. The molecule has 0 saturated carbocycles. The van der Waals surface area contributed by atoms with Crippen molar-refractivity contribution in [3.63, 3.8) is 0 Å². The maximum atomic E-state index is 12.1. The van der Waals surface area contributed by atoms with E-state index >= 15 is 0 Å². The summed E-state index contributed by atoms with van der Waals surface area (Å²) in [6, 6.07) is 8.45. The highest BCUT2D eigenvalue weighted by atomic mass is 32.2. The van der Waals surface area contributed by atoms with Gasteiger partial charge < -0.3 is 10.3 Å². The zero-order chi connectivity index (χ0) is 16.1. The second-order valence-corrected chi connectivity index (χ2v) is 8.84. The van der Waals surface area contributed by atoms with Crippen LogP contribution in [-0.4, -0.2) is 43.1 Å². The Morgan fingerprint density at radius 3 is 2.70 bits per heavy atom. The van der Waals surface area contributed by atoms with Crippen LogP contribution in [0.1, 0.15) is 31.0 Å². The number of benzene rings is 1. The van der Waals surface area contributed by atoms with Gasteiger partial charge in [0.1, 0.15) is 0 Å². The van der Waals surface area contributed by atoms with E-state index in [4.69, 9.17) is 0 Å².